The molecule has 2 rings (SSSR count). The standard InChI is InChI=1S/C14H9BrF2O3/c15-9-4-11(17)6-12(5-9)20-7-8-3-10(16)1-2-13(8)14(18)19/h1-6H,7H2,(H,18,19). The zero-order valence-corrected chi connectivity index (χ0v) is 11.7. The summed E-state index contributed by atoms with van der Waals surface area (Å²) in [4.78, 5) is 11.0. The average molecular weight is 343 g/mol. The van der Waals surface area contributed by atoms with Gasteiger partial charge in [-0.3, -0.25) is 0 Å². The lowest BCUT2D eigenvalue weighted by Gasteiger charge is -2.09. The fraction of sp³-hybridized carbons (Fsp3) is 0.0714. The van der Waals surface area contributed by atoms with Crippen LogP contribution in [-0.4, -0.2) is 11.1 Å². The van der Waals surface area contributed by atoms with E-state index in [9.17, 15) is 13.6 Å². The minimum absolute atomic E-state index is 0.0538. The third-order valence-corrected chi connectivity index (χ3v) is 2.99. The van der Waals surface area contributed by atoms with Crippen LogP contribution >= 0.6 is 15.9 Å². The molecular weight excluding hydrogens is 334 g/mol. The molecule has 0 aliphatic rings. The van der Waals surface area contributed by atoms with E-state index in [1.165, 1.54) is 12.1 Å². The predicted molar refractivity (Wildman–Crippen MR) is 71.8 cm³/mol. The Hall–Kier alpha value is -1.95. The second-order valence-corrected chi connectivity index (χ2v) is 4.92. The third kappa shape index (κ3) is 3.54. The van der Waals surface area contributed by atoms with E-state index in [0.717, 1.165) is 24.3 Å². The van der Waals surface area contributed by atoms with Gasteiger partial charge in [0.05, 0.1) is 5.56 Å². The summed E-state index contributed by atoms with van der Waals surface area (Å²) in [6.07, 6.45) is 0. The summed E-state index contributed by atoms with van der Waals surface area (Å²) in [7, 11) is 0. The number of benzene rings is 2. The molecule has 0 aliphatic heterocycles. The number of ether oxygens (including phenoxy) is 1. The minimum Gasteiger partial charge on any atom is -0.489 e. The third-order valence-electron chi connectivity index (χ3n) is 2.53. The van der Waals surface area contributed by atoms with E-state index in [4.69, 9.17) is 9.84 Å². The van der Waals surface area contributed by atoms with Crippen molar-refractivity contribution >= 4 is 21.9 Å². The van der Waals surface area contributed by atoms with E-state index in [1.54, 1.807) is 0 Å². The van der Waals surface area contributed by atoms with Crippen LogP contribution in [0.25, 0.3) is 0 Å². The van der Waals surface area contributed by atoms with E-state index in [1.807, 2.05) is 0 Å². The summed E-state index contributed by atoms with van der Waals surface area (Å²) in [5.41, 5.74) is 0.125. The fourth-order valence-corrected chi connectivity index (χ4v) is 2.11. The van der Waals surface area contributed by atoms with Crippen molar-refractivity contribution in [1.82, 2.24) is 0 Å². The Kier molecular flexibility index (Phi) is 4.34. The van der Waals surface area contributed by atoms with E-state index >= 15 is 0 Å². The van der Waals surface area contributed by atoms with E-state index in [0.29, 0.717) is 4.47 Å². The molecule has 3 nitrogen and oxygen atoms in total. The molecule has 1 N–H and O–H groups in total. The number of rotatable bonds is 4. The van der Waals surface area contributed by atoms with Crippen molar-refractivity contribution in [1.29, 1.82) is 0 Å². The highest BCUT2D eigenvalue weighted by Gasteiger charge is 2.12. The molecule has 104 valence electrons. The molecular formula is C14H9BrF2O3. The maximum Gasteiger partial charge on any atom is 0.336 e. The summed E-state index contributed by atoms with van der Waals surface area (Å²) in [5.74, 6) is -2.01. The van der Waals surface area contributed by atoms with Gasteiger partial charge in [-0.2, -0.15) is 0 Å². The molecule has 0 bridgehead atoms. The van der Waals surface area contributed by atoms with Gasteiger partial charge >= 0.3 is 5.97 Å². The zero-order valence-electron chi connectivity index (χ0n) is 10.1. The number of hydrogen-bond acceptors (Lipinski definition) is 2. The Balaban J connectivity index is 2.22. The quantitative estimate of drug-likeness (QED) is 0.913. The van der Waals surface area contributed by atoms with E-state index in [2.05, 4.69) is 15.9 Å². The van der Waals surface area contributed by atoms with Gasteiger partial charge in [-0.15, -0.1) is 0 Å². The molecule has 0 atom stereocenters. The first-order valence-electron chi connectivity index (χ1n) is 5.56. The molecule has 0 unspecified atom stereocenters. The summed E-state index contributed by atoms with van der Waals surface area (Å²) < 4.78 is 32.1. The second-order valence-electron chi connectivity index (χ2n) is 4.00. The monoisotopic (exact) mass is 342 g/mol. The number of carboxylic acid groups (broad SMARTS) is 1. The Morgan fingerprint density at radius 3 is 2.55 bits per heavy atom. The number of carbonyl (C=O) groups is 1. The van der Waals surface area contributed by atoms with E-state index in [-0.39, 0.29) is 23.5 Å². The topological polar surface area (TPSA) is 46.5 Å². The van der Waals surface area contributed by atoms with Gasteiger partial charge in [0.2, 0.25) is 0 Å². The van der Waals surface area contributed by atoms with Crippen molar-refractivity contribution in [2.24, 2.45) is 0 Å². The van der Waals surface area contributed by atoms with Gasteiger partial charge in [0.1, 0.15) is 24.0 Å². The summed E-state index contributed by atoms with van der Waals surface area (Å²) in [6.45, 7) is -0.171. The minimum atomic E-state index is -1.18. The number of hydrogen-bond donors (Lipinski definition) is 1. The van der Waals surface area contributed by atoms with Gasteiger partial charge in [0.25, 0.3) is 0 Å². The maximum atomic E-state index is 13.2. The highest BCUT2D eigenvalue weighted by Crippen LogP contribution is 2.22. The molecule has 0 heterocycles. The SMILES string of the molecule is O=C(O)c1ccc(F)cc1COc1cc(F)cc(Br)c1. The van der Waals surface area contributed by atoms with Gasteiger partial charge in [0, 0.05) is 16.1 Å². The Morgan fingerprint density at radius 1 is 1.15 bits per heavy atom. The first-order valence-corrected chi connectivity index (χ1v) is 6.35. The molecule has 0 spiro atoms. The van der Waals surface area contributed by atoms with Gasteiger partial charge in [0.15, 0.2) is 0 Å². The van der Waals surface area contributed by atoms with Crippen molar-refractivity contribution in [2.45, 2.75) is 6.61 Å². The van der Waals surface area contributed by atoms with Crippen LogP contribution in [0.4, 0.5) is 8.78 Å². The molecule has 20 heavy (non-hydrogen) atoms. The average Bonchev–Trinajstić information content (AvgIpc) is 2.35. The van der Waals surface area contributed by atoms with Crippen LogP contribution in [0.2, 0.25) is 0 Å². The molecule has 0 saturated heterocycles. The van der Waals surface area contributed by atoms with Crippen LogP contribution in [0, 0.1) is 11.6 Å². The predicted octanol–water partition coefficient (Wildman–Crippen LogP) is 4.00. The molecule has 0 amide bonds. The van der Waals surface area contributed by atoms with Gasteiger partial charge < -0.3 is 9.84 Å². The van der Waals surface area contributed by atoms with Crippen molar-refractivity contribution < 1.29 is 23.4 Å². The fourth-order valence-electron chi connectivity index (χ4n) is 1.66. The normalized spacial score (nSPS) is 10.3. The molecule has 0 radical (unpaired) electrons. The van der Waals surface area contributed by atoms with Crippen LogP contribution < -0.4 is 4.74 Å². The Morgan fingerprint density at radius 2 is 1.90 bits per heavy atom. The van der Waals surface area contributed by atoms with Crippen LogP contribution in [0.5, 0.6) is 5.75 Å². The van der Waals surface area contributed by atoms with Crippen LogP contribution in [0.1, 0.15) is 15.9 Å². The summed E-state index contributed by atoms with van der Waals surface area (Å²) in [5, 5.41) is 9.00. The van der Waals surface area contributed by atoms with Crippen molar-refractivity contribution in [2.75, 3.05) is 0 Å². The summed E-state index contributed by atoms with van der Waals surface area (Å²) in [6, 6.07) is 7.26. The lowest BCUT2D eigenvalue weighted by Crippen LogP contribution is -2.06. The smallest absolute Gasteiger partial charge is 0.336 e. The Labute approximate surface area is 121 Å². The summed E-state index contributed by atoms with van der Waals surface area (Å²) >= 11 is 3.11. The number of carboxylic acids is 1. The van der Waals surface area contributed by atoms with Crippen LogP contribution in [0.15, 0.2) is 40.9 Å². The molecule has 0 aliphatic carbocycles. The number of aromatic carboxylic acids is 1. The van der Waals surface area contributed by atoms with Crippen molar-refractivity contribution in [3.63, 3.8) is 0 Å². The highest BCUT2D eigenvalue weighted by molar-refractivity contribution is 9.10. The Bertz CT molecular complexity index is 639. The maximum absolute atomic E-state index is 13.2. The first kappa shape index (κ1) is 14.5. The lowest BCUT2D eigenvalue weighted by molar-refractivity contribution is 0.0694. The van der Waals surface area contributed by atoms with Crippen molar-refractivity contribution in [3.8, 4) is 5.75 Å². The number of halogens is 3. The highest BCUT2D eigenvalue weighted by atomic mass is 79.9. The first-order chi connectivity index (χ1) is 9.45. The second kappa shape index (κ2) is 6.00. The lowest BCUT2D eigenvalue weighted by atomic mass is 10.1. The van der Waals surface area contributed by atoms with Crippen LogP contribution in [0.3, 0.4) is 0 Å². The van der Waals surface area contributed by atoms with Gasteiger partial charge in [-0.25, -0.2) is 13.6 Å². The molecule has 0 saturated carbocycles. The molecule has 0 aromatic heterocycles. The van der Waals surface area contributed by atoms with Crippen LogP contribution in [-0.2, 0) is 6.61 Å². The molecule has 0 fully saturated rings. The largest absolute Gasteiger partial charge is 0.489 e. The van der Waals surface area contributed by atoms with E-state index < -0.39 is 17.6 Å². The zero-order chi connectivity index (χ0) is 14.7. The van der Waals surface area contributed by atoms with Gasteiger partial charge in [-0.05, 0) is 30.3 Å². The molecule has 2 aromatic carbocycles. The van der Waals surface area contributed by atoms with Crippen molar-refractivity contribution in [3.05, 3.63) is 63.6 Å². The molecule has 6 heteroatoms. The van der Waals surface area contributed by atoms with Gasteiger partial charge in [-0.1, -0.05) is 15.9 Å². The molecule has 2 aromatic rings.